The largest absolute Gasteiger partial charge is 0.495 e. The third-order valence-electron chi connectivity index (χ3n) is 6.34. The van der Waals surface area contributed by atoms with Gasteiger partial charge in [-0.2, -0.15) is 0 Å². The molecule has 3 heterocycles. The maximum Gasteiger partial charge on any atom is 0.328 e. The van der Waals surface area contributed by atoms with Crippen LogP contribution < -0.4 is 9.64 Å². The average molecular weight is 498 g/mol. The van der Waals surface area contributed by atoms with Gasteiger partial charge in [-0.1, -0.05) is 41.9 Å². The summed E-state index contributed by atoms with van der Waals surface area (Å²) in [6.07, 6.45) is -0.699. The number of hydrogen-bond donors (Lipinski definition) is 0. The number of esters is 1. The normalized spacial score (nSPS) is 21.2. The Morgan fingerprint density at radius 3 is 2.66 bits per heavy atom. The van der Waals surface area contributed by atoms with E-state index in [0.717, 1.165) is 16.2 Å². The maximum absolute atomic E-state index is 13.4. The minimum Gasteiger partial charge on any atom is -0.495 e. The predicted molar refractivity (Wildman–Crippen MR) is 128 cm³/mol. The molecule has 3 aliphatic heterocycles. The van der Waals surface area contributed by atoms with Crippen LogP contribution in [0.4, 0.5) is 10.5 Å². The van der Waals surface area contributed by atoms with Gasteiger partial charge in [0.25, 0.3) is 5.91 Å². The molecule has 0 aliphatic carbocycles. The molecule has 11 heteroatoms. The van der Waals surface area contributed by atoms with Gasteiger partial charge in [0.2, 0.25) is 5.96 Å². The lowest BCUT2D eigenvalue weighted by Gasteiger charge is -2.40. The molecule has 182 valence electrons. The molecule has 10 nitrogen and oxygen atoms in total. The first-order valence-corrected chi connectivity index (χ1v) is 11.5. The summed E-state index contributed by atoms with van der Waals surface area (Å²) < 4.78 is 10.8. The first-order chi connectivity index (χ1) is 16.9. The monoisotopic (exact) mass is 497 g/mol. The summed E-state index contributed by atoms with van der Waals surface area (Å²) in [5, 5.41) is 0.541. The Morgan fingerprint density at radius 2 is 1.91 bits per heavy atom. The molecule has 2 aromatic carbocycles. The van der Waals surface area contributed by atoms with Crippen molar-refractivity contribution in [1.82, 2.24) is 14.7 Å². The van der Waals surface area contributed by atoms with Gasteiger partial charge in [0.05, 0.1) is 12.8 Å². The van der Waals surface area contributed by atoms with Crippen molar-refractivity contribution in [2.24, 2.45) is 4.99 Å². The number of benzene rings is 2. The van der Waals surface area contributed by atoms with E-state index in [4.69, 9.17) is 26.1 Å². The number of nitrogens with zero attached hydrogens (tertiary/aromatic N) is 5. The number of carbonyl (C=O) groups is 3. The smallest absolute Gasteiger partial charge is 0.328 e. The number of methoxy groups -OCH3 is 1. The van der Waals surface area contributed by atoms with Crippen LogP contribution in [0.3, 0.4) is 0 Å². The molecule has 2 atom stereocenters. The second kappa shape index (κ2) is 9.10. The fourth-order valence-electron chi connectivity index (χ4n) is 4.60. The third-order valence-corrected chi connectivity index (χ3v) is 6.57. The Hall–Kier alpha value is -3.79. The first-order valence-electron chi connectivity index (χ1n) is 11.1. The summed E-state index contributed by atoms with van der Waals surface area (Å²) in [5.74, 6) is 0.0381. The lowest BCUT2D eigenvalue weighted by molar-refractivity contribution is -0.151. The topological polar surface area (TPSA) is 95.0 Å². The molecule has 2 aromatic rings. The molecule has 2 unspecified atom stereocenters. The van der Waals surface area contributed by atoms with Crippen LogP contribution in [0.2, 0.25) is 5.02 Å². The van der Waals surface area contributed by atoms with Crippen molar-refractivity contribution in [2.75, 3.05) is 38.7 Å². The number of anilines is 1. The van der Waals surface area contributed by atoms with Gasteiger partial charge in [-0.15, -0.1) is 0 Å². The van der Waals surface area contributed by atoms with Crippen LogP contribution >= 0.6 is 11.6 Å². The zero-order chi connectivity index (χ0) is 24.7. The molecule has 2 saturated heterocycles. The van der Waals surface area contributed by atoms with Gasteiger partial charge in [-0.3, -0.25) is 14.5 Å². The molecule has 0 spiro atoms. The maximum atomic E-state index is 13.4. The third kappa shape index (κ3) is 4.03. The van der Waals surface area contributed by atoms with Crippen molar-refractivity contribution in [1.29, 1.82) is 0 Å². The number of amides is 3. The van der Waals surface area contributed by atoms with Crippen molar-refractivity contribution in [2.45, 2.75) is 18.8 Å². The Morgan fingerprint density at radius 1 is 1.14 bits per heavy atom. The number of fused-ring (bicyclic) bond motifs is 3. The van der Waals surface area contributed by atoms with Crippen LogP contribution in [0.1, 0.15) is 5.56 Å². The number of hydrogen-bond acceptors (Lipinski definition) is 8. The SMILES string of the molecule is COc1ccc(Cl)cc1N1CCN2C1=NC1C2C(=O)N(CC(=O)OCc2ccccc2)C(=O)N1C. The average Bonchev–Trinajstić information content (AvgIpc) is 3.44. The van der Waals surface area contributed by atoms with E-state index in [9.17, 15) is 14.4 Å². The van der Waals surface area contributed by atoms with Crippen LogP contribution in [0.25, 0.3) is 0 Å². The highest BCUT2D eigenvalue weighted by Crippen LogP contribution is 2.38. The number of halogens is 1. The van der Waals surface area contributed by atoms with Crippen LogP contribution in [-0.4, -0.2) is 84.6 Å². The molecular weight excluding hydrogens is 474 g/mol. The predicted octanol–water partition coefficient (Wildman–Crippen LogP) is 2.17. The summed E-state index contributed by atoms with van der Waals surface area (Å²) in [6.45, 7) is 0.666. The number of ether oxygens (including phenoxy) is 2. The van der Waals surface area contributed by atoms with Gasteiger partial charge in [0, 0.05) is 25.2 Å². The number of carbonyl (C=O) groups excluding carboxylic acids is 3. The summed E-state index contributed by atoms with van der Waals surface area (Å²) >= 11 is 6.22. The minimum absolute atomic E-state index is 0.0631. The summed E-state index contributed by atoms with van der Waals surface area (Å²) in [7, 11) is 3.15. The quantitative estimate of drug-likeness (QED) is 0.564. The molecular formula is C24H24ClN5O5. The summed E-state index contributed by atoms with van der Waals surface area (Å²) in [6, 6.07) is 13.2. The van der Waals surface area contributed by atoms with Crippen LogP contribution in [0.5, 0.6) is 5.75 Å². The van der Waals surface area contributed by atoms with Gasteiger partial charge in [-0.25, -0.2) is 9.79 Å². The fraction of sp³-hybridized carbons (Fsp3) is 0.333. The van der Waals surface area contributed by atoms with Crippen LogP contribution in [-0.2, 0) is 20.9 Å². The van der Waals surface area contributed by atoms with E-state index in [-0.39, 0.29) is 6.61 Å². The van der Waals surface area contributed by atoms with Gasteiger partial charge >= 0.3 is 12.0 Å². The molecule has 3 aliphatic rings. The molecule has 0 N–H and O–H groups in total. The Balaban J connectivity index is 1.34. The highest BCUT2D eigenvalue weighted by atomic mass is 35.5. The number of rotatable bonds is 6. The second-order valence-electron chi connectivity index (χ2n) is 8.41. The highest BCUT2D eigenvalue weighted by molar-refractivity contribution is 6.31. The lowest BCUT2D eigenvalue weighted by atomic mass is 10.1. The van der Waals surface area contributed by atoms with Crippen molar-refractivity contribution >= 4 is 41.2 Å². The second-order valence-corrected chi connectivity index (χ2v) is 8.85. The fourth-order valence-corrected chi connectivity index (χ4v) is 4.76. The Labute approximate surface area is 207 Å². The molecule has 5 rings (SSSR count). The zero-order valence-corrected chi connectivity index (χ0v) is 20.0. The van der Waals surface area contributed by atoms with E-state index in [2.05, 4.69) is 0 Å². The zero-order valence-electron chi connectivity index (χ0n) is 19.3. The Kier molecular flexibility index (Phi) is 5.98. The van der Waals surface area contributed by atoms with Crippen molar-refractivity contribution in [3.63, 3.8) is 0 Å². The molecule has 2 fully saturated rings. The van der Waals surface area contributed by atoms with E-state index >= 15 is 0 Å². The van der Waals surface area contributed by atoms with Crippen molar-refractivity contribution in [3.8, 4) is 5.75 Å². The van der Waals surface area contributed by atoms with E-state index in [1.54, 1.807) is 32.4 Å². The number of guanidine groups is 1. The van der Waals surface area contributed by atoms with E-state index in [1.807, 2.05) is 40.1 Å². The van der Waals surface area contributed by atoms with Gasteiger partial charge in [0.15, 0.2) is 12.2 Å². The number of likely N-dealkylation sites (N-methyl/N-ethyl adjacent to an activating group) is 1. The van der Waals surface area contributed by atoms with E-state index in [1.165, 1.54) is 4.90 Å². The summed E-state index contributed by atoms with van der Waals surface area (Å²) in [4.78, 5) is 49.7. The van der Waals surface area contributed by atoms with E-state index < -0.39 is 36.7 Å². The molecule has 35 heavy (non-hydrogen) atoms. The standard InChI is InChI=1S/C24H24ClN5O5/c1-27-21-20(22(32)30(24(27)33)13-19(31)35-14-15-6-4-3-5-7-15)29-11-10-28(23(29)26-21)17-12-16(25)8-9-18(17)34-2/h3-9,12,20-21H,10-11,13-14H2,1-2H3. The molecule has 0 aromatic heterocycles. The molecule has 3 amide bonds. The molecule has 0 bridgehead atoms. The molecule has 0 saturated carbocycles. The highest BCUT2D eigenvalue weighted by Gasteiger charge is 2.55. The Bertz CT molecular complexity index is 1210. The van der Waals surface area contributed by atoms with Gasteiger partial charge in [0.1, 0.15) is 18.9 Å². The minimum atomic E-state index is -0.732. The van der Waals surface area contributed by atoms with Crippen molar-refractivity contribution in [3.05, 3.63) is 59.1 Å². The number of aliphatic imine (C=N–C) groups is 1. The van der Waals surface area contributed by atoms with Gasteiger partial charge < -0.3 is 24.2 Å². The lowest BCUT2D eigenvalue weighted by Crippen LogP contribution is -2.65. The van der Waals surface area contributed by atoms with Crippen LogP contribution in [0, 0.1) is 0 Å². The van der Waals surface area contributed by atoms with E-state index in [0.29, 0.717) is 29.8 Å². The van der Waals surface area contributed by atoms with Gasteiger partial charge in [-0.05, 0) is 23.8 Å². The first kappa shape index (κ1) is 23.0. The van der Waals surface area contributed by atoms with Crippen molar-refractivity contribution < 1.29 is 23.9 Å². The summed E-state index contributed by atoms with van der Waals surface area (Å²) in [5.41, 5.74) is 1.54. The number of imide groups is 1. The molecule has 0 radical (unpaired) electrons. The van der Waals surface area contributed by atoms with Crippen LogP contribution in [0.15, 0.2) is 53.5 Å². The number of urea groups is 1.